The van der Waals surface area contributed by atoms with Gasteiger partial charge >= 0.3 is 0 Å². The predicted molar refractivity (Wildman–Crippen MR) is 70.5 cm³/mol. The smallest absolute Gasteiger partial charge is 0.208 e. The molecule has 0 heterocycles. The molecule has 0 aliphatic heterocycles. The zero-order valence-electron chi connectivity index (χ0n) is 9.43. The van der Waals surface area contributed by atoms with E-state index in [1.165, 1.54) is 6.42 Å². The highest BCUT2D eigenvalue weighted by Crippen LogP contribution is 2.45. The van der Waals surface area contributed by atoms with Gasteiger partial charge in [-0.1, -0.05) is 19.3 Å². The maximum atomic E-state index is 11.7. The lowest BCUT2D eigenvalue weighted by molar-refractivity contribution is -0.115. The van der Waals surface area contributed by atoms with Crippen LogP contribution in [-0.4, -0.2) is 29.5 Å². The first-order chi connectivity index (χ1) is 7.03. The quantitative estimate of drug-likeness (QED) is 0.760. The van der Waals surface area contributed by atoms with E-state index < -0.39 is 7.37 Å². The van der Waals surface area contributed by atoms with Crippen LogP contribution in [-0.2, 0) is 9.36 Å². The third-order valence-corrected chi connectivity index (χ3v) is 4.85. The molecule has 1 aliphatic rings. The van der Waals surface area contributed by atoms with Crippen molar-refractivity contribution in [2.45, 2.75) is 32.1 Å². The first kappa shape index (κ1) is 16.3. The lowest BCUT2D eigenvalue weighted by Crippen LogP contribution is -2.20. The van der Waals surface area contributed by atoms with Crippen molar-refractivity contribution < 1.29 is 14.3 Å². The summed E-state index contributed by atoms with van der Waals surface area (Å²) in [6.07, 6.45) is 5.65. The van der Waals surface area contributed by atoms with Gasteiger partial charge in [0.1, 0.15) is 0 Å². The zero-order chi connectivity index (χ0) is 11.3. The molecule has 6 heteroatoms. The molecule has 0 saturated heterocycles. The summed E-state index contributed by atoms with van der Waals surface area (Å²) < 4.78 is 11.7. The molecule has 4 nitrogen and oxygen atoms in total. The Balaban J connectivity index is 0.00000225. The van der Waals surface area contributed by atoms with Crippen LogP contribution in [0.1, 0.15) is 32.1 Å². The number of hydrogen-bond donors (Lipinski definition) is 2. The first-order valence-corrected chi connectivity index (χ1v) is 7.59. The average molecular weight is 314 g/mol. The van der Waals surface area contributed by atoms with Gasteiger partial charge in [0.25, 0.3) is 0 Å². The summed E-state index contributed by atoms with van der Waals surface area (Å²) in [5, 5.41) is 0. The van der Waals surface area contributed by atoms with Gasteiger partial charge in [0.2, 0.25) is 7.37 Å². The molecule has 1 unspecified atom stereocenters. The van der Waals surface area contributed by atoms with Crippen LogP contribution in [0.5, 0.6) is 0 Å². The van der Waals surface area contributed by atoms with Crippen LogP contribution in [0.25, 0.3) is 0 Å². The molecule has 0 bridgehead atoms. The molecule has 3 N–H and O–H groups in total. The van der Waals surface area contributed by atoms with Crippen LogP contribution in [0.2, 0.25) is 0 Å². The minimum absolute atomic E-state index is 0. The van der Waals surface area contributed by atoms with Crippen LogP contribution in [0.4, 0.5) is 0 Å². The Morgan fingerprint density at radius 3 is 2.38 bits per heavy atom. The van der Waals surface area contributed by atoms with E-state index in [-0.39, 0.29) is 35.5 Å². The Kier molecular flexibility index (Phi) is 7.73. The van der Waals surface area contributed by atoms with E-state index in [0.717, 1.165) is 25.7 Å². The van der Waals surface area contributed by atoms with E-state index in [1.807, 2.05) is 0 Å². The van der Waals surface area contributed by atoms with Crippen molar-refractivity contribution in [2.75, 3.05) is 18.9 Å². The van der Waals surface area contributed by atoms with Crippen molar-refractivity contribution in [1.82, 2.24) is 0 Å². The molecule has 0 aromatic heterocycles. The van der Waals surface area contributed by atoms with E-state index in [9.17, 15) is 14.3 Å². The highest BCUT2D eigenvalue weighted by molar-refractivity contribution is 8.93. The SMILES string of the molecule is Br.NCC(=O)CP(=O)(O)CC1CCCCC1. The number of halogens is 1. The molecule has 1 saturated carbocycles. The molecule has 1 rings (SSSR count). The lowest BCUT2D eigenvalue weighted by Gasteiger charge is -2.23. The zero-order valence-corrected chi connectivity index (χ0v) is 12.0. The fraction of sp³-hybridized carbons (Fsp3) is 0.900. The number of carbonyl (C=O) groups excluding carboxylic acids is 1. The third kappa shape index (κ3) is 6.14. The van der Waals surface area contributed by atoms with Gasteiger partial charge in [0.15, 0.2) is 5.78 Å². The summed E-state index contributed by atoms with van der Waals surface area (Å²) in [5.74, 6) is 0.0248. The highest BCUT2D eigenvalue weighted by Gasteiger charge is 2.27. The molecule has 1 atom stereocenters. The van der Waals surface area contributed by atoms with Gasteiger partial charge < -0.3 is 10.6 Å². The second-order valence-corrected chi connectivity index (χ2v) is 6.81. The molecule has 1 aliphatic carbocycles. The van der Waals surface area contributed by atoms with Gasteiger partial charge in [-0.15, -0.1) is 17.0 Å². The summed E-state index contributed by atoms with van der Waals surface area (Å²) >= 11 is 0. The molecule has 0 radical (unpaired) electrons. The molecule has 0 aromatic carbocycles. The molecular weight excluding hydrogens is 293 g/mol. The monoisotopic (exact) mass is 313 g/mol. The molecule has 96 valence electrons. The van der Waals surface area contributed by atoms with E-state index >= 15 is 0 Å². The topological polar surface area (TPSA) is 80.4 Å². The van der Waals surface area contributed by atoms with Crippen molar-refractivity contribution in [3.63, 3.8) is 0 Å². The standard InChI is InChI=1S/C10H20NO3P.BrH/c11-6-10(12)8-15(13,14)7-9-4-2-1-3-5-9;/h9H,1-8,11H2,(H,13,14);1H. The van der Waals surface area contributed by atoms with E-state index in [0.29, 0.717) is 12.1 Å². The third-order valence-electron chi connectivity index (χ3n) is 2.92. The number of hydrogen-bond acceptors (Lipinski definition) is 3. The van der Waals surface area contributed by atoms with Gasteiger partial charge in [-0.2, -0.15) is 0 Å². The number of Topliss-reactive ketones (excluding diaryl/α,β-unsaturated/α-hetero) is 1. The molecule has 1 fully saturated rings. The fourth-order valence-corrected chi connectivity index (χ4v) is 4.16. The molecule has 0 aromatic rings. The van der Waals surface area contributed by atoms with Crippen LogP contribution in [0, 0.1) is 5.92 Å². The van der Waals surface area contributed by atoms with Crippen LogP contribution >= 0.6 is 24.4 Å². The summed E-state index contributed by atoms with van der Waals surface area (Å²) in [7, 11) is -3.26. The minimum Gasteiger partial charge on any atom is -0.344 e. The van der Waals surface area contributed by atoms with Gasteiger partial charge in [0, 0.05) is 6.16 Å². The Morgan fingerprint density at radius 2 is 1.88 bits per heavy atom. The van der Waals surface area contributed by atoms with Crippen molar-refractivity contribution in [1.29, 1.82) is 0 Å². The number of rotatable bonds is 5. The lowest BCUT2D eigenvalue weighted by atomic mass is 9.91. The Hall–Kier alpha value is 0.300. The summed E-state index contributed by atoms with van der Waals surface area (Å²) in [6, 6.07) is 0. The largest absolute Gasteiger partial charge is 0.344 e. The summed E-state index contributed by atoms with van der Waals surface area (Å²) in [5.41, 5.74) is 5.13. The van der Waals surface area contributed by atoms with E-state index in [1.54, 1.807) is 0 Å². The predicted octanol–water partition coefficient (Wildman–Crippen LogP) is 1.94. The fourth-order valence-electron chi connectivity index (χ4n) is 2.18. The Morgan fingerprint density at radius 1 is 1.31 bits per heavy atom. The normalized spacial score (nSPS) is 20.9. The molecule has 0 amide bonds. The highest BCUT2D eigenvalue weighted by atomic mass is 79.9. The second kappa shape index (κ2) is 7.59. The first-order valence-electron chi connectivity index (χ1n) is 5.56. The Labute approximate surface area is 107 Å². The van der Waals surface area contributed by atoms with E-state index in [4.69, 9.17) is 5.73 Å². The van der Waals surface area contributed by atoms with Crippen LogP contribution in [0.3, 0.4) is 0 Å². The van der Waals surface area contributed by atoms with Crippen molar-refractivity contribution in [2.24, 2.45) is 11.7 Å². The second-order valence-electron chi connectivity index (χ2n) is 4.43. The van der Waals surface area contributed by atoms with Crippen molar-refractivity contribution >= 4 is 30.1 Å². The summed E-state index contributed by atoms with van der Waals surface area (Å²) in [4.78, 5) is 20.7. The van der Waals surface area contributed by atoms with E-state index in [2.05, 4.69) is 0 Å². The number of carbonyl (C=O) groups is 1. The van der Waals surface area contributed by atoms with Crippen LogP contribution in [0.15, 0.2) is 0 Å². The molecular formula is C10H21BrNO3P. The van der Waals surface area contributed by atoms with Gasteiger partial charge in [-0.3, -0.25) is 9.36 Å². The van der Waals surface area contributed by atoms with Gasteiger partial charge in [0.05, 0.1) is 12.7 Å². The minimum atomic E-state index is -3.26. The van der Waals surface area contributed by atoms with Crippen molar-refractivity contribution in [3.05, 3.63) is 0 Å². The van der Waals surface area contributed by atoms with Gasteiger partial charge in [-0.25, -0.2) is 0 Å². The van der Waals surface area contributed by atoms with Gasteiger partial charge in [-0.05, 0) is 18.8 Å². The number of nitrogens with two attached hydrogens (primary N) is 1. The Bertz CT molecular complexity index is 267. The average Bonchev–Trinajstić information content (AvgIpc) is 2.17. The maximum Gasteiger partial charge on any atom is 0.208 e. The van der Waals surface area contributed by atoms with Crippen LogP contribution < -0.4 is 5.73 Å². The number of ketones is 1. The summed E-state index contributed by atoms with van der Waals surface area (Å²) in [6.45, 7) is -0.130. The molecule has 16 heavy (non-hydrogen) atoms. The molecule has 0 spiro atoms. The van der Waals surface area contributed by atoms with Crippen molar-refractivity contribution in [3.8, 4) is 0 Å². The maximum absolute atomic E-state index is 11.7.